The maximum Gasteiger partial charge on any atom is 0.183 e. The lowest BCUT2D eigenvalue weighted by Crippen LogP contribution is -2.74. The monoisotopic (exact) mass is 812 g/mol. The Kier molecular flexibility index (Phi) is 8.36. The molecule has 0 aliphatic carbocycles. The van der Waals surface area contributed by atoms with E-state index in [0.29, 0.717) is 17.0 Å². The molecule has 8 heteroatoms. The number of fused-ring (bicyclic) bond motifs is 5. The number of hydrogen-bond donors (Lipinski definition) is 0. The topological polar surface area (TPSA) is 74.6 Å². The average molecular weight is 813 g/mol. The van der Waals surface area contributed by atoms with Crippen molar-refractivity contribution < 1.29 is 4.42 Å². The molecule has 0 saturated carbocycles. The van der Waals surface area contributed by atoms with Crippen LogP contribution in [-0.4, -0.2) is 37.1 Å². The van der Waals surface area contributed by atoms with Gasteiger partial charge in [0.2, 0.25) is 0 Å². The minimum absolute atomic E-state index is 0.659. The van der Waals surface area contributed by atoms with Gasteiger partial charge in [-0.15, -0.1) is 0 Å². The van der Waals surface area contributed by atoms with Crippen molar-refractivity contribution >= 4 is 72.8 Å². The molecule has 62 heavy (non-hydrogen) atoms. The predicted octanol–water partition coefficient (Wildman–Crippen LogP) is 9.77. The zero-order valence-corrected chi connectivity index (χ0v) is 34.4. The number of benzene rings is 7. The zero-order chi connectivity index (χ0) is 41.0. The molecule has 12 rings (SSSR count). The summed E-state index contributed by atoms with van der Waals surface area (Å²) in [5, 5.41) is 7.08. The summed E-state index contributed by atoms with van der Waals surface area (Å²) in [6.45, 7) is 0. The Morgan fingerprint density at radius 2 is 1.02 bits per heavy atom. The van der Waals surface area contributed by atoms with Crippen LogP contribution < -0.4 is 20.7 Å². The Labute approximate surface area is 357 Å². The van der Waals surface area contributed by atoms with E-state index in [1.165, 1.54) is 20.7 Å². The van der Waals surface area contributed by atoms with Crippen molar-refractivity contribution in [1.29, 1.82) is 0 Å². The highest BCUT2D eigenvalue weighted by molar-refractivity contribution is 7.20. The quantitative estimate of drug-likeness (QED) is 0.113. The fourth-order valence-electron chi connectivity index (χ4n) is 9.28. The lowest BCUT2D eigenvalue weighted by molar-refractivity contribution is 0.660. The normalized spacial score (nSPS) is 11.9. The average Bonchev–Trinajstić information content (AvgIpc) is 4.08. The molecule has 292 valence electrons. The van der Waals surface area contributed by atoms with Crippen molar-refractivity contribution in [3.8, 4) is 34.0 Å². The van der Waals surface area contributed by atoms with Gasteiger partial charge in [-0.3, -0.25) is 9.13 Å². The van der Waals surface area contributed by atoms with Crippen molar-refractivity contribution in [2.75, 3.05) is 0 Å². The Hall–Kier alpha value is -8.20. The van der Waals surface area contributed by atoms with Crippen molar-refractivity contribution in [3.63, 3.8) is 0 Å². The fourth-order valence-corrected chi connectivity index (χ4v) is 14.0. The number of nitrogens with zero attached hydrogens (tertiary/aromatic N) is 6. The SMILES string of the molecule is c1ccc(-c2ccccc2-c2cc3c(oc4cnc(-n5cnc6cc([Si](c7ccccc7)(c7ccccc7)c7ccccc7)ccc65)cc43)c(-n3cnc4ccccc43)n2)cc1. The lowest BCUT2D eigenvalue weighted by atomic mass is 9.97. The van der Waals surface area contributed by atoms with Crippen LogP contribution in [0.15, 0.2) is 223 Å². The molecule has 0 spiro atoms. The molecule has 5 heterocycles. The van der Waals surface area contributed by atoms with Gasteiger partial charge in [0, 0.05) is 16.3 Å². The first-order valence-corrected chi connectivity index (χ1v) is 22.7. The summed E-state index contributed by atoms with van der Waals surface area (Å²) in [5.74, 6) is 1.40. The second kappa shape index (κ2) is 14.5. The Balaban J connectivity index is 1.05. The molecule has 7 nitrogen and oxygen atoms in total. The van der Waals surface area contributed by atoms with Crippen LogP contribution in [0.4, 0.5) is 0 Å². The van der Waals surface area contributed by atoms with Crippen molar-refractivity contribution in [2.45, 2.75) is 0 Å². The highest BCUT2D eigenvalue weighted by Crippen LogP contribution is 2.39. The van der Waals surface area contributed by atoms with Crippen LogP contribution in [0, 0.1) is 0 Å². The molecule has 0 fully saturated rings. The van der Waals surface area contributed by atoms with Crippen LogP contribution in [0.5, 0.6) is 0 Å². The Morgan fingerprint density at radius 1 is 0.435 bits per heavy atom. The van der Waals surface area contributed by atoms with E-state index in [0.717, 1.165) is 61.0 Å². The fraction of sp³-hybridized carbons (Fsp3) is 0. The summed E-state index contributed by atoms with van der Waals surface area (Å²) >= 11 is 0. The van der Waals surface area contributed by atoms with Crippen LogP contribution in [-0.2, 0) is 0 Å². The molecule has 0 saturated heterocycles. The minimum Gasteiger partial charge on any atom is -0.450 e. The smallest absolute Gasteiger partial charge is 0.183 e. The first-order chi connectivity index (χ1) is 30.7. The molecule has 7 aromatic carbocycles. The Morgan fingerprint density at radius 3 is 1.73 bits per heavy atom. The standard InChI is InChI=1S/C54H36N6OSi/c1-5-17-37(18-6-1)42-25-13-14-26-43(42)47-32-45-44-33-52(55-34-51(44)61-53(45)54(58-47)60-36-56-46-27-15-16-28-49(46)60)59-35-57-48-31-41(29-30-50(48)59)62(38-19-7-2-8-20-38,39-21-9-3-10-22-39)40-23-11-4-12-24-40/h1-36H. The van der Waals surface area contributed by atoms with Gasteiger partial charge in [0.15, 0.2) is 25.1 Å². The van der Waals surface area contributed by atoms with Crippen molar-refractivity contribution in [2.24, 2.45) is 0 Å². The van der Waals surface area contributed by atoms with Crippen LogP contribution in [0.25, 0.3) is 78.0 Å². The maximum absolute atomic E-state index is 6.71. The molecular formula is C54H36N6OSi. The Bertz CT molecular complexity index is 3490. The molecule has 0 unspecified atom stereocenters. The number of pyridine rings is 2. The predicted molar refractivity (Wildman–Crippen MR) is 253 cm³/mol. The van der Waals surface area contributed by atoms with E-state index in [1.54, 1.807) is 0 Å². The van der Waals surface area contributed by atoms with Crippen LogP contribution in [0.1, 0.15) is 0 Å². The molecule has 0 aliphatic rings. The molecular weight excluding hydrogens is 777 g/mol. The first kappa shape index (κ1) is 35.7. The molecule has 0 bridgehead atoms. The van der Waals surface area contributed by atoms with E-state index in [9.17, 15) is 0 Å². The summed E-state index contributed by atoms with van der Waals surface area (Å²) in [7, 11) is -2.74. The summed E-state index contributed by atoms with van der Waals surface area (Å²) < 4.78 is 10.8. The lowest BCUT2D eigenvalue weighted by Gasteiger charge is -2.34. The van der Waals surface area contributed by atoms with Crippen LogP contribution >= 0.6 is 0 Å². The number of furan rings is 1. The highest BCUT2D eigenvalue weighted by atomic mass is 28.3. The van der Waals surface area contributed by atoms with E-state index in [2.05, 4.69) is 180 Å². The third-order valence-corrected chi connectivity index (χ3v) is 16.9. The third-order valence-electron chi connectivity index (χ3n) is 12.1. The zero-order valence-electron chi connectivity index (χ0n) is 33.4. The van der Waals surface area contributed by atoms with Gasteiger partial charge in [-0.05, 0) is 68.3 Å². The molecule has 0 atom stereocenters. The van der Waals surface area contributed by atoms with Crippen molar-refractivity contribution in [1.82, 2.24) is 29.1 Å². The molecule has 0 amide bonds. The largest absolute Gasteiger partial charge is 0.450 e. The van der Waals surface area contributed by atoms with Gasteiger partial charge in [-0.25, -0.2) is 19.9 Å². The van der Waals surface area contributed by atoms with Crippen molar-refractivity contribution in [3.05, 3.63) is 219 Å². The van der Waals surface area contributed by atoms with Gasteiger partial charge in [0.1, 0.15) is 18.5 Å². The van der Waals surface area contributed by atoms with Gasteiger partial charge >= 0.3 is 0 Å². The number of aromatic nitrogens is 6. The van der Waals surface area contributed by atoms with E-state index in [1.807, 2.05) is 47.7 Å². The molecule has 12 aromatic rings. The van der Waals surface area contributed by atoms with Gasteiger partial charge < -0.3 is 4.42 Å². The summed E-state index contributed by atoms with van der Waals surface area (Å²) in [6.07, 6.45) is 5.53. The van der Waals surface area contributed by atoms with Gasteiger partial charge in [0.25, 0.3) is 0 Å². The van der Waals surface area contributed by atoms with E-state index < -0.39 is 8.07 Å². The van der Waals surface area contributed by atoms with Crippen LogP contribution in [0.3, 0.4) is 0 Å². The number of rotatable bonds is 8. The molecule has 0 aliphatic heterocycles. The summed E-state index contributed by atoms with van der Waals surface area (Å²) in [6, 6.07) is 70.9. The molecule has 0 N–H and O–H groups in total. The number of hydrogen-bond acceptors (Lipinski definition) is 5. The van der Waals surface area contributed by atoms with E-state index in [-0.39, 0.29) is 0 Å². The number of para-hydroxylation sites is 2. The summed E-state index contributed by atoms with van der Waals surface area (Å²) in [4.78, 5) is 20.1. The maximum atomic E-state index is 6.71. The number of imidazole rings is 2. The molecule has 5 aromatic heterocycles. The highest BCUT2D eigenvalue weighted by Gasteiger charge is 2.41. The van der Waals surface area contributed by atoms with Gasteiger partial charge in [-0.2, -0.15) is 0 Å². The van der Waals surface area contributed by atoms with Gasteiger partial charge in [-0.1, -0.05) is 164 Å². The second-order valence-corrected chi connectivity index (χ2v) is 19.3. The summed E-state index contributed by atoms with van der Waals surface area (Å²) in [5.41, 5.74) is 9.08. The minimum atomic E-state index is -2.74. The second-order valence-electron chi connectivity index (χ2n) is 15.5. The molecule has 0 radical (unpaired) electrons. The van der Waals surface area contributed by atoms with Crippen LogP contribution in [0.2, 0.25) is 0 Å². The van der Waals surface area contributed by atoms with E-state index >= 15 is 0 Å². The first-order valence-electron chi connectivity index (χ1n) is 20.7. The van der Waals surface area contributed by atoms with Gasteiger partial charge in [0.05, 0.1) is 34.0 Å². The van der Waals surface area contributed by atoms with E-state index in [4.69, 9.17) is 24.4 Å². The third kappa shape index (κ3) is 5.65.